The van der Waals surface area contributed by atoms with Gasteiger partial charge in [0.15, 0.2) is 0 Å². The Bertz CT molecular complexity index is 1110. The summed E-state index contributed by atoms with van der Waals surface area (Å²) in [7, 11) is 6.08. The van der Waals surface area contributed by atoms with E-state index in [-0.39, 0.29) is 11.8 Å². The number of hydrogen-bond acceptors (Lipinski definition) is 4. The lowest BCUT2D eigenvalue weighted by molar-refractivity contribution is 0.0893. The molecule has 0 aliphatic carbocycles. The van der Waals surface area contributed by atoms with E-state index >= 15 is 0 Å². The number of imide groups is 1. The molecule has 2 amide bonds. The van der Waals surface area contributed by atoms with Gasteiger partial charge in [-0.2, -0.15) is 0 Å². The molecule has 0 radical (unpaired) electrons. The third-order valence-corrected chi connectivity index (χ3v) is 5.44. The normalized spacial score (nSPS) is 13.5. The number of hydrogen-bond donors (Lipinski definition) is 0. The SMILES string of the molecule is CCN(C)c1c(CN(C)C)cc2c3c(cccc13)C(=O)N(c1ccccc1)C2=O. The Morgan fingerprint density at radius 2 is 1.55 bits per heavy atom. The maximum Gasteiger partial charge on any atom is 0.265 e. The molecule has 148 valence electrons. The number of benzene rings is 3. The van der Waals surface area contributed by atoms with Gasteiger partial charge in [-0.05, 0) is 50.8 Å². The highest BCUT2D eigenvalue weighted by atomic mass is 16.2. The molecular weight excluding hydrogens is 362 g/mol. The van der Waals surface area contributed by atoms with E-state index in [1.165, 1.54) is 4.90 Å². The molecule has 0 saturated heterocycles. The second kappa shape index (κ2) is 7.33. The molecule has 1 aliphatic rings. The van der Waals surface area contributed by atoms with Gasteiger partial charge in [-0.1, -0.05) is 30.3 Å². The number of amides is 2. The number of anilines is 2. The molecule has 29 heavy (non-hydrogen) atoms. The van der Waals surface area contributed by atoms with Gasteiger partial charge < -0.3 is 9.80 Å². The van der Waals surface area contributed by atoms with Crippen molar-refractivity contribution >= 4 is 34.0 Å². The van der Waals surface area contributed by atoms with Crippen LogP contribution in [0, 0.1) is 0 Å². The molecular formula is C24H25N3O2. The van der Waals surface area contributed by atoms with Crippen molar-refractivity contribution in [1.29, 1.82) is 0 Å². The van der Waals surface area contributed by atoms with Crippen LogP contribution in [-0.2, 0) is 6.54 Å². The van der Waals surface area contributed by atoms with Crippen molar-refractivity contribution in [3.8, 4) is 0 Å². The van der Waals surface area contributed by atoms with E-state index in [0.717, 1.165) is 28.6 Å². The van der Waals surface area contributed by atoms with Crippen LogP contribution in [0.3, 0.4) is 0 Å². The first-order valence-corrected chi connectivity index (χ1v) is 9.82. The van der Waals surface area contributed by atoms with Crippen LogP contribution in [0.1, 0.15) is 33.2 Å². The summed E-state index contributed by atoms with van der Waals surface area (Å²) in [6, 6.07) is 16.8. The fourth-order valence-corrected chi connectivity index (χ4v) is 4.09. The first-order valence-electron chi connectivity index (χ1n) is 9.82. The molecule has 0 saturated carbocycles. The first-order chi connectivity index (χ1) is 13.9. The zero-order chi connectivity index (χ0) is 20.7. The Kier molecular flexibility index (Phi) is 4.84. The molecule has 0 fully saturated rings. The van der Waals surface area contributed by atoms with E-state index in [1.54, 1.807) is 12.1 Å². The molecule has 0 unspecified atom stereocenters. The predicted octanol–water partition coefficient (Wildman–Crippen LogP) is 4.16. The molecule has 0 spiro atoms. The van der Waals surface area contributed by atoms with Crippen molar-refractivity contribution in [3.05, 3.63) is 71.3 Å². The van der Waals surface area contributed by atoms with Crippen molar-refractivity contribution in [2.75, 3.05) is 37.5 Å². The average molecular weight is 387 g/mol. The zero-order valence-corrected chi connectivity index (χ0v) is 17.3. The molecule has 1 aliphatic heterocycles. The summed E-state index contributed by atoms with van der Waals surface area (Å²) in [5.74, 6) is -0.541. The highest BCUT2D eigenvalue weighted by Crippen LogP contribution is 2.39. The van der Waals surface area contributed by atoms with Gasteiger partial charge in [0.2, 0.25) is 0 Å². The van der Waals surface area contributed by atoms with E-state index < -0.39 is 0 Å². The topological polar surface area (TPSA) is 43.9 Å². The molecule has 0 atom stereocenters. The monoisotopic (exact) mass is 387 g/mol. The number of para-hydroxylation sites is 1. The number of carbonyl (C=O) groups excluding carboxylic acids is 2. The van der Waals surface area contributed by atoms with E-state index in [4.69, 9.17) is 0 Å². The van der Waals surface area contributed by atoms with Gasteiger partial charge in [0, 0.05) is 47.7 Å². The molecule has 5 heteroatoms. The van der Waals surface area contributed by atoms with Crippen LogP contribution in [0.5, 0.6) is 0 Å². The summed E-state index contributed by atoms with van der Waals surface area (Å²) in [6.07, 6.45) is 0. The summed E-state index contributed by atoms with van der Waals surface area (Å²) in [5.41, 5.74) is 3.91. The second-order valence-corrected chi connectivity index (χ2v) is 7.69. The largest absolute Gasteiger partial charge is 0.374 e. The number of rotatable bonds is 5. The Morgan fingerprint density at radius 1 is 0.862 bits per heavy atom. The molecule has 1 heterocycles. The van der Waals surface area contributed by atoms with Crippen LogP contribution in [0.25, 0.3) is 10.8 Å². The fraction of sp³-hybridized carbons (Fsp3) is 0.250. The smallest absolute Gasteiger partial charge is 0.265 e. The maximum atomic E-state index is 13.5. The standard InChI is InChI=1S/C24H25N3O2/c1-5-26(4)22-16(15-25(2)3)14-20-21-18(22)12-9-13-19(21)23(28)27(24(20)29)17-10-7-6-8-11-17/h6-14H,5,15H2,1-4H3. The molecule has 3 aromatic carbocycles. The van der Waals surface area contributed by atoms with Crippen LogP contribution in [0.2, 0.25) is 0 Å². The zero-order valence-electron chi connectivity index (χ0n) is 17.3. The Balaban J connectivity index is 2.03. The van der Waals surface area contributed by atoms with E-state index in [9.17, 15) is 9.59 Å². The van der Waals surface area contributed by atoms with Gasteiger partial charge >= 0.3 is 0 Å². The summed E-state index contributed by atoms with van der Waals surface area (Å²) in [4.78, 5) is 32.4. The quantitative estimate of drug-likeness (QED) is 0.617. The predicted molar refractivity (Wildman–Crippen MR) is 118 cm³/mol. The van der Waals surface area contributed by atoms with Crippen LogP contribution in [0.4, 0.5) is 11.4 Å². The van der Waals surface area contributed by atoms with Crippen LogP contribution in [-0.4, -0.2) is 44.4 Å². The van der Waals surface area contributed by atoms with Gasteiger partial charge in [-0.3, -0.25) is 9.59 Å². The summed E-state index contributed by atoms with van der Waals surface area (Å²) >= 11 is 0. The molecule has 5 nitrogen and oxygen atoms in total. The minimum Gasteiger partial charge on any atom is -0.374 e. The van der Waals surface area contributed by atoms with Gasteiger partial charge in [0.25, 0.3) is 11.8 Å². The highest BCUT2D eigenvalue weighted by Gasteiger charge is 2.35. The third kappa shape index (κ3) is 3.08. The summed E-state index contributed by atoms with van der Waals surface area (Å²) < 4.78 is 0. The lowest BCUT2D eigenvalue weighted by Gasteiger charge is -2.31. The third-order valence-electron chi connectivity index (χ3n) is 5.44. The Morgan fingerprint density at radius 3 is 2.21 bits per heavy atom. The van der Waals surface area contributed by atoms with Crippen molar-refractivity contribution in [2.45, 2.75) is 13.5 Å². The lowest BCUT2D eigenvalue weighted by Crippen LogP contribution is -2.40. The number of carbonyl (C=O) groups is 2. The minimum atomic E-state index is -0.273. The molecule has 0 bridgehead atoms. The van der Waals surface area contributed by atoms with Crippen molar-refractivity contribution in [3.63, 3.8) is 0 Å². The van der Waals surface area contributed by atoms with E-state index in [0.29, 0.717) is 23.4 Å². The van der Waals surface area contributed by atoms with Crippen LogP contribution >= 0.6 is 0 Å². The van der Waals surface area contributed by atoms with E-state index in [1.807, 2.05) is 63.6 Å². The van der Waals surface area contributed by atoms with Gasteiger partial charge in [-0.15, -0.1) is 0 Å². The minimum absolute atomic E-state index is 0.268. The van der Waals surface area contributed by atoms with Gasteiger partial charge in [0.1, 0.15) is 0 Å². The average Bonchev–Trinajstić information content (AvgIpc) is 2.71. The molecule has 4 rings (SSSR count). The Labute approximate surface area is 171 Å². The fourth-order valence-electron chi connectivity index (χ4n) is 4.09. The first kappa shape index (κ1) is 19.2. The second-order valence-electron chi connectivity index (χ2n) is 7.69. The highest BCUT2D eigenvalue weighted by molar-refractivity contribution is 6.36. The lowest BCUT2D eigenvalue weighted by atomic mass is 9.89. The molecule has 0 N–H and O–H groups in total. The maximum absolute atomic E-state index is 13.5. The number of nitrogens with zero attached hydrogens (tertiary/aromatic N) is 3. The molecule has 0 aromatic heterocycles. The summed E-state index contributed by atoms with van der Waals surface area (Å²) in [6.45, 7) is 3.64. The van der Waals surface area contributed by atoms with Gasteiger partial charge in [-0.25, -0.2) is 4.90 Å². The Hall–Kier alpha value is -3.18. The van der Waals surface area contributed by atoms with Crippen LogP contribution < -0.4 is 9.80 Å². The van der Waals surface area contributed by atoms with E-state index in [2.05, 4.69) is 16.7 Å². The van der Waals surface area contributed by atoms with Gasteiger partial charge in [0.05, 0.1) is 5.69 Å². The van der Waals surface area contributed by atoms with Crippen molar-refractivity contribution in [2.24, 2.45) is 0 Å². The molecule has 3 aromatic rings. The van der Waals surface area contributed by atoms with Crippen molar-refractivity contribution in [1.82, 2.24) is 4.90 Å². The summed E-state index contributed by atoms with van der Waals surface area (Å²) in [5, 5.41) is 1.71. The van der Waals surface area contributed by atoms with Crippen LogP contribution in [0.15, 0.2) is 54.6 Å². The van der Waals surface area contributed by atoms with Crippen molar-refractivity contribution < 1.29 is 9.59 Å².